The van der Waals surface area contributed by atoms with Gasteiger partial charge in [-0.1, -0.05) is 39.3 Å². The number of ether oxygens (including phenoxy) is 1. The zero-order valence-electron chi connectivity index (χ0n) is 21.7. The molecule has 4 fully saturated rings. The lowest BCUT2D eigenvalue weighted by Crippen LogP contribution is -2.55. The number of hydrogen-bond donors (Lipinski definition) is 1. The summed E-state index contributed by atoms with van der Waals surface area (Å²) in [6.45, 7) is 13.0. The van der Waals surface area contributed by atoms with Crippen molar-refractivity contribution in [3.05, 3.63) is 11.6 Å². The van der Waals surface area contributed by atoms with E-state index < -0.39 is 5.60 Å². The lowest BCUT2D eigenvalue weighted by Gasteiger charge is -2.52. The first-order valence-corrected chi connectivity index (χ1v) is 13.5. The van der Waals surface area contributed by atoms with Crippen LogP contribution in [0.25, 0.3) is 0 Å². The number of esters is 1. The zero-order valence-corrected chi connectivity index (χ0v) is 21.7. The molecule has 9 atom stereocenters. The van der Waals surface area contributed by atoms with Crippen molar-refractivity contribution in [1.29, 1.82) is 0 Å². The molecule has 4 heteroatoms. The van der Waals surface area contributed by atoms with Gasteiger partial charge in [-0.3, -0.25) is 4.79 Å². The lowest BCUT2D eigenvalue weighted by atomic mass is 9.53. The monoisotopic (exact) mass is 458 g/mol. The Balaban J connectivity index is 1.62. The van der Waals surface area contributed by atoms with E-state index in [9.17, 15) is 14.7 Å². The highest BCUT2D eigenvalue weighted by Crippen LogP contribution is 2.72. The van der Waals surface area contributed by atoms with Gasteiger partial charge in [-0.15, -0.1) is 0 Å². The topological polar surface area (TPSA) is 63.6 Å². The molecule has 0 aliphatic heterocycles. The highest BCUT2D eigenvalue weighted by atomic mass is 16.5. The van der Waals surface area contributed by atoms with Crippen molar-refractivity contribution in [1.82, 2.24) is 0 Å². The smallest absolute Gasteiger partial charge is 0.302 e. The Morgan fingerprint density at radius 3 is 2.45 bits per heavy atom. The van der Waals surface area contributed by atoms with Crippen molar-refractivity contribution >= 4 is 12.3 Å². The van der Waals surface area contributed by atoms with Crippen molar-refractivity contribution in [3.8, 4) is 0 Å². The van der Waals surface area contributed by atoms with E-state index in [2.05, 4.69) is 40.7 Å². The first kappa shape index (κ1) is 24.9. The quantitative estimate of drug-likeness (QED) is 0.296. The summed E-state index contributed by atoms with van der Waals surface area (Å²) in [5.74, 6) is 1.74. The molecule has 0 aromatic rings. The van der Waals surface area contributed by atoms with E-state index in [0.717, 1.165) is 44.3 Å². The van der Waals surface area contributed by atoms with Crippen molar-refractivity contribution in [3.63, 3.8) is 0 Å². The molecular formula is C29H46O4. The van der Waals surface area contributed by atoms with E-state index in [1.165, 1.54) is 31.8 Å². The summed E-state index contributed by atoms with van der Waals surface area (Å²) in [6, 6.07) is 0. The van der Waals surface area contributed by atoms with Crippen molar-refractivity contribution in [2.75, 3.05) is 0 Å². The number of allylic oxidation sites excluding steroid dienone is 2. The number of rotatable bonds is 6. The van der Waals surface area contributed by atoms with Crippen LogP contribution in [-0.4, -0.2) is 29.1 Å². The van der Waals surface area contributed by atoms with Gasteiger partial charge >= 0.3 is 5.97 Å². The molecule has 33 heavy (non-hydrogen) atoms. The van der Waals surface area contributed by atoms with Crippen LogP contribution >= 0.6 is 0 Å². The molecule has 0 amide bonds. The first-order valence-electron chi connectivity index (χ1n) is 13.5. The summed E-state index contributed by atoms with van der Waals surface area (Å²) >= 11 is 0. The second-order valence-corrected chi connectivity index (χ2v) is 12.9. The molecule has 0 aromatic carbocycles. The molecule has 4 nitrogen and oxygen atoms in total. The Hall–Kier alpha value is -1.16. The Bertz CT molecular complexity index is 801. The molecule has 4 aliphatic carbocycles. The predicted molar refractivity (Wildman–Crippen MR) is 130 cm³/mol. The normalized spacial score (nSPS) is 47.1. The predicted octanol–water partition coefficient (Wildman–Crippen LogP) is 6.11. The molecule has 4 rings (SSSR count). The third kappa shape index (κ3) is 3.83. The van der Waals surface area contributed by atoms with Crippen molar-refractivity contribution < 1.29 is 19.4 Å². The molecular weight excluding hydrogens is 412 g/mol. The minimum Gasteiger partial charge on any atom is -0.462 e. The average Bonchev–Trinajstić information content (AvgIpc) is 3.16. The van der Waals surface area contributed by atoms with Crippen molar-refractivity contribution in [2.45, 2.75) is 111 Å². The largest absolute Gasteiger partial charge is 0.462 e. The van der Waals surface area contributed by atoms with E-state index in [1.54, 1.807) is 0 Å². The summed E-state index contributed by atoms with van der Waals surface area (Å²) < 4.78 is 5.54. The molecule has 4 aliphatic rings. The van der Waals surface area contributed by atoms with Gasteiger partial charge in [0.05, 0.1) is 5.60 Å². The Labute approximate surface area is 200 Å². The van der Waals surface area contributed by atoms with Crippen LogP contribution in [0, 0.1) is 46.3 Å². The molecule has 186 valence electrons. The summed E-state index contributed by atoms with van der Waals surface area (Å²) in [4.78, 5) is 24.2. The van der Waals surface area contributed by atoms with Crippen LogP contribution in [0.2, 0.25) is 0 Å². The van der Waals surface area contributed by atoms with E-state index in [0.29, 0.717) is 24.2 Å². The van der Waals surface area contributed by atoms with Gasteiger partial charge in [-0.2, -0.15) is 0 Å². The zero-order chi connectivity index (χ0) is 24.2. The summed E-state index contributed by atoms with van der Waals surface area (Å²) in [7, 11) is 0. The van der Waals surface area contributed by atoms with Gasteiger partial charge in [0, 0.05) is 24.7 Å². The molecule has 0 spiro atoms. The third-order valence-electron chi connectivity index (χ3n) is 10.9. The van der Waals surface area contributed by atoms with Crippen LogP contribution < -0.4 is 0 Å². The van der Waals surface area contributed by atoms with Crippen LogP contribution in [-0.2, 0) is 14.3 Å². The van der Waals surface area contributed by atoms with Gasteiger partial charge in [-0.25, -0.2) is 0 Å². The second-order valence-electron chi connectivity index (χ2n) is 12.9. The first-order chi connectivity index (χ1) is 15.5. The van der Waals surface area contributed by atoms with E-state index in [4.69, 9.17) is 4.74 Å². The Kier molecular flexibility index (Phi) is 6.66. The van der Waals surface area contributed by atoms with Gasteiger partial charge in [0.15, 0.2) is 0 Å². The standard InChI is InChI=1S/C29H46O4/c1-18(2)8-7-9-19(3)22-10-11-23-26-24(13-14-27(22,23)5)28(6)15-12-21(33-20(4)31)16-29(28,32)25(26)17-30/h9,17-18,21-26,32H,7-8,10-16H2,1-6H3/b19-9-/t21-,22+,23-,24-,25+,26-,27+,28+,29+/m0/s1. The molecule has 4 saturated carbocycles. The summed E-state index contributed by atoms with van der Waals surface area (Å²) in [5, 5.41) is 12.2. The molecule has 0 aromatic heterocycles. The maximum atomic E-state index is 12.6. The van der Waals surface area contributed by atoms with Crippen LogP contribution in [0.15, 0.2) is 11.6 Å². The van der Waals surface area contributed by atoms with Gasteiger partial charge in [0.2, 0.25) is 0 Å². The van der Waals surface area contributed by atoms with E-state index in [1.807, 2.05) is 0 Å². The van der Waals surface area contributed by atoms with Crippen LogP contribution in [0.1, 0.15) is 99.3 Å². The van der Waals surface area contributed by atoms with Gasteiger partial charge < -0.3 is 14.6 Å². The van der Waals surface area contributed by atoms with Gasteiger partial charge in [0.1, 0.15) is 12.4 Å². The van der Waals surface area contributed by atoms with Crippen LogP contribution in [0.5, 0.6) is 0 Å². The van der Waals surface area contributed by atoms with Crippen LogP contribution in [0.3, 0.4) is 0 Å². The number of carbonyl (C=O) groups excluding carboxylic acids is 2. The molecule has 0 bridgehead atoms. The minimum atomic E-state index is -1.08. The number of carbonyl (C=O) groups is 2. The number of aldehydes is 1. The average molecular weight is 459 g/mol. The fourth-order valence-corrected chi connectivity index (χ4v) is 9.21. The number of hydrogen-bond acceptors (Lipinski definition) is 4. The molecule has 0 unspecified atom stereocenters. The fraction of sp³-hybridized carbons (Fsp3) is 0.862. The maximum Gasteiger partial charge on any atom is 0.302 e. The molecule has 0 radical (unpaired) electrons. The Morgan fingerprint density at radius 1 is 1.09 bits per heavy atom. The molecule has 1 N–H and O–H groups in total. The summed E-state index contributed by atoms with van der Waals surface area (Å²) in [6.07, 6.45) is 12.3. The summed E-state index contributed by atoms with van der Waals surface area (Å²) in [5.41, 5.74) is 0.392. The lowest BCUT2D eigenvalue weighted by molar-refractivity contribution is -0.174. The maximum absolute atomic E-state index is 12.6. The minimum absolute atomic E-state index is 0.205. The van der Waals surface area contributed by atoms with Crippen LogP contribution in [0.4, 0.5) is 0 Å². The second kappa shape index (κ2) is 8.81. The highest BCUT2D eigenvalue weighted by Gasteiger charge is 2.72. The van der Waals surface area contributed by atoms with Gasteiger partial charge in [-0.05, 0) is 93.3 Å². The third-order valence-corrected chi connectivity index (χ3v) is 10.9. The fourth-order valence-electron chi connectivity index (χ4n) is 9.21. The highest BCUT2D eigenvalue weighted by molar-refractivity contribution is 5.66. The van der Waals surface area contributed by atoms with E-state index in [-0.39, 0.29) is 34.7 Å². The van der Waals surface area contributed by atoms with Crippen molar-refractivity contribution in [2.24, 2.45) is 46.3 Å². The molecule has 0 saturated heterocycles. The SMILES string of the molecule is CC(=O)O[C@H]1CC[C@]2(C)[C@H]3CC[C@]4(C)[C@@H](/C(C)=C\CCC(C)C)CC[C@H]4[C@@H]3[C@@H](C=O)[C@]2(O)C1. The van der Waals surface area contributed by atoms with Gasteiger partial charge in [0.25, 0.3) is 0 Å². The molecule has 0 heterocycles. The van der Waals surface area contributed by atoms with E-state index >= 15 is 0 Å². The number of fused-ring (bicyclic) bond motifs is 5. The number of aliphatic hydroxyl groups is 1. The Morgan fingerprint density at radius 2 is 1.82 bits per heavy atom.